The number of nitrogens with zero attached hydrogens (tertiary/aromatic N) is 1. The lowest BCUT2D eigenvalue weighted by Crippen LogP contribution is -2.38. The number of ketones is 1. The summed E-state index contributed by atoms with van der Waals surface area (Å²) >= 11 is 1.50. The molecule has 5 heteroatoms. The molecule has 98 valence electrons. The second-order valence-electron chi connectivity index (χ2n) is 4.85. The largest absolute Gasteiger partial charge is 0.352 e. The quantitative estimate of drug-likeness (QED) is 0.793. The van der Waals surface area contributed by atoms with Gasteiger partial charge in [-0.3, -0.25) is 14.5 Å². The van der Waals surface area contributed by atoms with E-state index in [0.29, 0.717) is 6.04 Å². The van der Waals surface area contributed by atoms with Gasteiger partial charge in [0.15, 0.2) is 5.78 Å². The Hall–Kier alpha value is -1.20. The van der Waals surface area contributed by atoms with Crippen LogP contribution in [0.25, 0.3) is 0 Å². The molecule has 1 fully saturated rings. The van der Waals surface area contributed by atoms with Gasteiger partial charge in [0.2, 0.25) is 5.91 Å². The molecule has 2 rings (SSSR count). The maximum atomic E-state index is 11.9. The lowest BCUT2D eigenvalue weighted by Gasteiger charge is -2.14. The molecule has 1 aliphatic rings. The van der Waals surface area contributed by atoms with Crippen LogP contribution in [0.1, 0.15) is 27.4 Å². The Morgan fingerprint density at radius 2 is 2.11 bits per heavy atom. The van der Waals surface area contributed by atoms with Crippen molar-refractivity contribution in [3.63, 3.8) is 0 Å². The van der Waals surface area contributed by atoms with Crippen molar-refractivity contribution >= 4 is 23.0 Å². The second-order valence-corrected chi connectivity index (χ2v) is 6.14. The van der Waals surface area contributed by atoms with Gasteiger partial charge in [0.25, 0.3) is 0 Å². The Morgan fingerprint density at radius 3 is 2.67 bits per heavy atom. The third-order valence-electron chi connectivity index (χ3n) is 2.78. The first kappa shape index (κ1) is 13.2. The smallest absolute Gasteiger partial charge is 0.234 e. The van der Waals surface area contributed by atoms with Crippen molar-refractivity contribution in [3.05, 3.63) is 21.9 Å². The van der Waals surface area contributed by atoms with Crippen LogP contribution in [0.2, 0.25) is 0 Å². The predicted molar refractivity (Wildman–Crippen MR) is 72.0 cm³/mol. The van der Waals surface area contributed by atoms with E-state index in [1.165, 1.54) is 11.3 Å². The Balaban J connectivity index is 1.77. The third kappa shape index (κ3) is 3.92. The molecule has 0 aliphatic heterocycles. The highest BCUT2D eigenvalue weighted by Gasteiger charge is 2.23. The summed E-state index contributed by atoms with van der Waals surface area (Å²) in [5, 5.41) is 2.91. The van der Waals surface area contributed by atoms with Crippen LogP contribution >= 0.6 is 11.3 Å². The number of amides is 1. The summed E-state index contributed by atoms with van der Waals surface area (Å²) in [6.07, 6.45) is 2.17. The molecule has 0 atom stereocenters. The first-order valence-corrected chi connectivity index (χ1v) is 6.94. The van der Waals surface area contributed by atoms with Crippen LogP contribution in [-0.4, -0.2) is 42.8 Å². The van der Waals surface area contributed by atoms with Crippen LogP contribution < -0.4 is 5.32 Å². The molecule has 1 aromatic rings. The molecule has 1 aromatic heterocycles. The van der Waals surface area contributed by atoms with E-state index in [1.54, 1.807) is 11.9 Å². The molecule has 0 bridgehead atoms. The minimum Gasteiger partial charge on any atom is -0.352 e. The Kier molecular flexibility index (Phi) is 4.14. The van der Waals surface area contributed by atoms with Crippen molar-refractivity contribution in [2.75, 3.05) is 20.1 Å². The van der Waals surface area contributed by atoms with Gasteiger partial charge < -0.3 is 5.32 Å². The van der Waals surface area contributed by atoms with Crippen molar-refractivity contribution in [1.29, 1.82) is 0 Å². The number of nitrogens with one attached hydrogen (secondary N) is 1. The van der Waals surface area contributed by atoms with Crippen LogP contribution in [0.5, 0.6) is 0 Å². The molecule has 1 aliphatic carbocycles. The molecular weight excluding hydrogens is 248 g/mol. The number of carbonyl (C=O) groups is 2. The summed E-state index contributed by atoms with van der Waals surface area (Å²) in [7, 11) is 1.80. The van der Waals surface area contributed by atoms with Gasteiger partial charge in [-0.1, -0.05) is 0 Å². The van der Waals surface area contributed by atoms with Crippen molar-refractivity contribution in [3.8, 4) is 0 Å². The Labute approximate surface area is 111 Å². The SMILES string of the molecule is Cc1ccc(C(=O)CN(C)CC(=O)NC2CC2)s1. The molecule has 1 heterocycles. The molecule has 1 N–H and O–H groups in total. The fourth-order valence-electron chi connectivity index (χ4n) is 1.71. The highest BCUT2D eigenvalue weighted by molar-refractivity contribution is 7.14. The van der Waals surface area contributed by atoms with E-state index in [-0.39, 0.29) is 24.8 Å². The number of thiophene rings is 1. The van der Waals surface area contributed by atoms with Crippen LogP contribution in [0.3, 0.4) is 0 Å². The highest BCUT2D eigenvalue weighted by Crippen LogP contribution is 2.18. The minimum atomic E-state index is 0.00941. The van der Waals surface area contributed by atoms with E-state index in [0.717, 1.165) is 22.6 Å². The van der Waals surface area contributed by atoms with Gasteiger partial charge in [0, 0.05) is 10.9 Å². The second kappa shape index (κ2) is 5.63. The van der Waals surface area contributed by atoms with Gasteiger partial charge in [0.05, 0.1) is 18.0 Å². The molecule has 18 heavy (non-hydrogen) atoms. The first-order valence-electron chi connectivity index (χ1n) is 6.12. The summed E-state index contributed by atoms with van der Waals surface area (Å²) in [4.78, 5) is 27.1. The van der Waals surface area contributed by atoms with Crippen molar-refractivity contribution in [2.24, 2.45) is 0 Å². The minimum absolute atomic E-state index is 0.00941. The maximum absolute atomic E-state index is 11.9. The van der Waals surface area contributed by atoms with Crippen molar-refractivity contribution in [1.82, 2.24) is 10.2 Å². The summed E-state index contributed by atoms with van der Waals surface area (Å²) in [6.45, 7) is 2.55. The molecule has 1 amide bonds. The molecule has 0 spiro atoms. The van der Waals surface area contributed by atoms with E-state index in [9.17, 15) is 9.59 Å². The first-order chi connectivity index (χ1) is 8.54. The lowest BCUT2D eigenvalue weighted by molar-refractivity contribution is -0.121. The normalized spacial score (nSPS) is 14.8. The number of hydrogen-bond donors (Lipinski definition) is 1. The van der Waals surface area contributed by atoms with E-state index in [4.69, 9.17) is 0 Å². The van der Waals surface area contributed by atoms with Crippen molar-refractivity contribution in [2.45, 2.75) is 25.8 Å². The van der Waals surface area contributed by atoms with Crippen LogP contribution in [0.15, 0.2) is 12.1 Å². The van der Waals surface area contributed by atoms with Gasteiger partial charge >= 0.3 is 0 Å². The summed E-state index contributed by atoms with van der Waals surface area (Å²) < 4.78 is 0. The van der Waals surface area contributed by atoms with Crippen LogP contribution in [0, 0.1) is 6.92 Å². The monoisotopic (exact) mass is 266 g/mol. The van der Waals surface area contributed by atoms with Crippen LogP contribution in [-0.2, 0) is 4.79 Å². The number of carbonyl (C=O) groups excluding carboxylic acids is 2. The fourth-order valence-corrected chi connectivity index (χ4v) is 2.51. The molecule has 1 saturated carbocycles. The number of Topliss-reactive ketones (excluding diaryl/α,β-unsaturated/α-hetero) is 1. The standard InChI is InChI=1S/C13H18N2O2S/c1-9-3-6-12(18-9)11(16)7-15(2)8-13(17)14-10-4-5-10/h3,6,10H,4-5,7-8H2,1-2H3,(H,14,17). The third-order valence-corrected chi connectivity index (χ3v) is 3.83. The maximum Gasteiger partial charge on any atom is 0.234 e. The zero-order valence-corrected chi connectivity index (χ0v) is 11.5. The van der Waals surface area contributed by atoms with Gasteiger partial charge in [-0.2, -0.15) is 0 Å². The molecule has 0 radical (unpaired) electrons. The summed E-state index contributed by atoms with van der Waals surface area (Å²) in [5.41, 5.74) is 0. The lowest BCUT2D eigenvalue weighted by atomic mass is 10.3. The Bertz CT molecular complexity index is 452. The van der Waals surface area contributed by atoms with E-state index >= 15 is 0 Å². The zero-order valence-electron chi connectivity index (χ0n) is 10.7. The van der Waals surface area contributed by atoms with Gasteiger partial charge in [-0.25, -0.2) is 0 Å². The highest BCUT2D eigenvalue weighted by atomic mass is 32.1. The average Bonchev–Trinajstić information content (AvgIpc) is 2.96. The van der Waals surface area contributed by atoms with E-state index < -0.39 is 0 Å². The molecule has 4 nitrogen and oxygen atoms in total. The molecule has 0 aromatic carbocycles. The van der Waals surface area contributed by atoms with E-state index in [2.05, 4.69) is 5.32 Å². The Morgan fingerprint density at radius 1 is 1.39 bits per heavy atom. The van der Waals surface area contributed by atoms with Gasteiger partial charge in [-0.15, -0.1) is 11.3 Å². The zero-order chi connectivity index (χ0) is 13.1. The number of rotatable bonds is 6. The fraction of sp³-hybridized carbons (Fsp3) is 0.538. The number of likely N-dealkylation sites (N-methyl/N-ethyl adjacent to an activating group) is 1. The summed E-state index contributed by atoms with van der Waals surface area (Å²) in [5.74, 6) is 0.0879. The average molecular weight is 266 g/mol. The van der Waals surface area contributed by atoms with E-state index in [1.807, 2.05) is 19.1 Å². The predicted octanol–water partition coefficient (Wildman–Crippen LogP) is 1.45. The topological polar surface area (TPSA) is 49.4 Å². The van der Waals surface area contributed by atoms with Gasteiger partial charge in [-0.05, 0) is 38.9 Å². The van der Waals surface area contributed by atoms with Crippen LogP contribution in [0.4, 0.5) is 0 Å². The summed E-state index contributed by atoms with van der Waals surface area (Å²) in [6, 6.07) is 4.17. The number of aryl methyl sites for hydroxylation is 1. The van der Waals surface area contributed by atoms with Gasteiger partial charge in [0.1, 0.15) is 0 Å². The molecular formula is C13H18N2O2S. The number of hydrogen-bond acceptors (Lipinski definition) is 4. The van der Waals surface area contributed by atoms with Crippen molar-refractivity contribution < 1.29 is 9.59 Å². The molecule has 0 saturated heterocycles. The molecule has 0 unspecified atom stereocenters.